The number of anilines is 4. The number of hydrogen-bond donors (Lipinski definition) is 2. The maximum atomic E-state index is 7.34. The van der Waals surface area contributed by atoms with E-state index < -0.39 is 5.41 Å². The molecule has 0 atom stereocenters. The molecule has 3 heterocycles. The van der Waals surface area contributed by atoms with E-state index in [1.54, 1.807) is 0 Å². The van der Waals surface area contributed by atoms with Gasteiger partial charge < -0.3 is 24.9 Å². The van der Waals surface area contributed by atoms with E-state index in [0.29, 0.717) is 13.1 Å². The van der Waals surface area contributed by atoms with Gasteiger partial charge in [0, 0.05) is 50.3 Å². The van der Waals surface area contributed by atoms with Crippen molar-refractivity contribution in [2.75, 3.05) is 22.9 Å². The molecule has 0 unspecified atom stereocenters. The fraction of sp³-hybridized carbons (Fsp3) is 0.0704. The molecule has 0 fully saturated rings. The van der Waals surface area contributed by atoms with E-state index in [0.717, 1.165) is 78.4 Å². The molecule has 0 spiro atoms. The standard InChI is InChI=1S/C71H54N4O/c1-47-31-37-57(45-72-47)74(55-39-33-51(34-40-55)49-19-7-3-8-20-49)64-43-62-67(60-28-16-15-27-59(60)64)69-63(71(62,53-23-11-5-12-24-53)54-25-13-6-14-26-54)44-65(70-68(69)61-29-17-18-30-66(61)76-70)75(58-38-32-48(2)73-46-58)56-41-35-52(36-42-56)50-21-9-4-10-22-50/h3-44,72-73H,45-46H2,1-2H3. The third-order valence-electron chi connectivity index (χ3n) is 15.8. The number of nitrogens with zero attached hydrogens (tertiary/aromatic N) is 2. The van der Waals surface area contributed by atoms with Gasteiger partial charge >= 0.3 is 0 Å². The lowest BCUT2D eigenvalue weighted by Crippen LogP contribution is -2.31. The molecule has 364 valence electrons. The largest absolute Gasteiger partial charge is 0.454 e. The van der Waals surface area contributed by atoms with Crippen LogP contribution in [0.4, 0.5) is 22.7 Å². The molecule has 0 radical (unpaired) electrons. The second-order valence-electron chi connectivity index (χ2n) is 20.2. The molecule has 5 heteroatoms. The summed E-state index contributed by atoms with van der Waals surface area (Å²) in [5.41, 5.74) is 21.6. The van der Waals surface area contributed by atoms with Crippen molar-refractivity contribution < 1.29 is 4.42 Å². The van der Waals surface area contributed by atoms with Gasteiger partial charge in [-0.05, 0) is 142 Å². The number of rotatable bonds is 10. The van der Waals surface area contributed by atoms with Gasteiger partial charge in [-0.1, -0.05) is 188 Å². The van der Waals surface area contributed by atoms with Crippen LogP contribution in [-0.2, 0) is 5.41 Å². The highest BCUT2D eigenvalue weighted by molar-refractivity contribution is 6.23. The van der Waals surface area contributed by atoms with Gasteiger partial charge in [0.25, 0.3) is 0 Å². The van der Waals surface area contributed by atoms with Gasteiger partial charge in [0.1, 0.15) is 5.58 Å². The highest BCUT2D eigenvalue weighted by Crippen LogP contribution is 2.63. The van der Waals surface area contributed by atoms with Crippen LogP contribution in [0.25, 0.3) is 66.1 Å². The Morgan fingerprint density at radius 2 is 0.816 bits per heavy atom. The van der Waals surface area contributed by atoms with E-state index >= 15 is 0 Å². The molecule has 5 nitrogen and oxygen atoms in total. The lowest BCUT2D eigenvalue weighted by atomic mass is 9.67. The van der Waals surface area contributed by atoms with Gasteiger partial charge in [-0.25, -0.2) is 0 Å². The molecule has 1 aromatic heterocycles. The Morgan fingerprint density at radius 1 is 0.395 bits per heavy atom. The van der Waals surface area contributed by atoms with Crippen molar-refractivity contribution in [1.29, 1.82) is 0 Å². The topological polar surface area (TPSA) is 43.7 Å². The molecule has 0 amide bonds. The van der Waals surface area contributed by atoms with Crippen LogP contribution in [-0.4, -0.2) is 13.1 Å². The second-order valence-corrected chi connectivity index (χ2v) is 20.2. The Hall–Kier alpha value is -9.58. The van der Waals surface area contributed by atoms with Crippen LogP contribution in [0.1, 0.15) is 36.1 Å². The van der Waals surface area contributed by atoms with Gasteiger partial charge in [0.15, 0.2) is 5.58 Å². The number of benzene rings is 10. The minimum atomic E-state index is -0.801. The first-order chi connectivity index (χ1) is 37.5. The average molecular weight is 979 g/mol. The SMILES string of the molecule is CC1=CC=C(N(c2ccc(-c3ccccc3)cc2)c2cc3c(c4ccccc24)-c2c(cc(N(C4=CC=C(C)NC4)c4ccc(-c5ccccc5)cc4)c4oc5ccccc5c24)C3(c2ccccc2)c2ccccc2)CN1. The van der Waals surface area contributed by atoms with Gasteiger partial charge in [-0.2, -0.15) is 0 Å². The Morgan fingerprint density at radius 3 is 1.33 bits per heavy atom. The number of nitrogens with one attached hydrogen (secondary N) is 2. The molecule has 2 aliphatic heterocycles. The molecule has 11 aromatic rings. The fourth-order valence-electron chi connectivity index (χ4n) is 12.3. The quantitative estimate of drug-likeness (QED) is 0.143. The molecule has 1 aliphatic carbocycles. The maximum Gasteiger partial charge on any atom is 0.160 e. The number of para-hydroxylation sites is 1. The van der Waals surface area contributed by atoms with E-state index in [9.17, 15) is 0 Å². The fourth-order valence-corrected chi connectivity index (χ4v) is 12.3. The van der Waals surface area contributed by atoms with Crippen molar-refractivity contribution in [2.24, 2.45) is 0 Å². The second kappa shape index (κ2) is 18.4. The lowest BCUT2D eigenvalue weighted by molar-refractivity contribution is 0.667. The van der Waals surface area contributed by atoms with Gasteiger partial charge in [0.05, 0.1) is 29.9 Å². The highest BCUT2D eigenvalue weighted by atomic mass is 16.3. The Balaban J connectivity index is 1.11. The summed E-state index contributed by atoms with van der Waals surface area (Å²) in [6.45, 7) is 5.57. The van der Waals surface area contributed by atoms with Crippen LogP contribution in [0.3, 0.4) is 0 Å². The van der Waals surface area contributed by atoms with Crippen LogP contribution in [0.5, 0.6) is 0 Å². The summed E-state index contributed by atoms with van der Waals surface area (Å²) < 4.78 is 7.34. The molecule has 76 heavy (non-hydrogen) atoms. The van der Waals surface area contributed by atoms with E-state index in [-0.39, 0.29) is 0 Å². The normalized spacial score (nSPS) is 14.4. The monoisotopic (exact) mass is 978 g/mol. The minimum absolute atomic E-state index is 0.639. The van der Waals surface area contributed by atoms with Crippen LogP contribution < -0.4 is 20.4 Å². The summed E-state index contributed by atoms with van der Waals surface area (Å²) >= 11 is 0. The molecule has 3 aliphatic rings. The maximum absolute atomic E-state index is 7.34. The summed E-state index contributed by atoms with van der Waals surface area (Å²) in [5, 5.41) is 11.9. The Labute approximate surface area is 443 Å². The first-order valence-corrected chi connectivity index (χ1v) is 26.3. The van der Waals surface area contributed by atoms with Crippen molar-refractivity contribution >= 4 is 55.5 Å². The van der Waals surface area contributed by atoms with Crippen molar-refractivity contribution in [1.82, 2.24) is 10.6 Å². The van der Waals surface area contributed by atoms with E-state index in [1.807, 2.05) is 0 Å². The van der Waals surface area contributed by atoms with Crippen molar-refractivity contribution in [3.8, 4) is 33.4 Å². The van der Waals surface area contributed by atoms with Crippen molar-refractivity contribution in [3.63, 3.8) is 0 Å². The molecule has 14 rings (SSSR count). The number of fused-ring (bicyclic) bond motifs is 9. The minimum Gasteiger partial charge on any atom is -0.454 e. The third-order valence-corrected chi connectivity index (χ3v) is 15.8. The van der Waals surface area contributed by atoms with Crippen LogP contribution in [0.15, 0.2) is 282 Å². The summed E-state index contributed by atoms with van der Waals surface area (Å²) in [5.74, 6) is 0. The predicted molar refractivity (Wildman–Crippen MR) is 316 cm³/mol. The highest BCUT2D eigenvalue weighted by Gasteiger charge is 2.49. The zero-order chi connectivity index (χ0) is 50.7. The molecule has 10 aromatic carbocycles. The molecule has 0 saturated heterocycles. The summed E-state index contributed by atoms with van der Waals surface area (Å²) in [4.78, 5) is 4.92. The number of furan rings is 1. The van der Waals surface area contributed by atoms with E-state index in [2.05, 4.69) is 289 Å². The smallest absolute Gasteiger partial charge is 0.160 e. The van der Waals surface area contributed by atoms with Crippen molar-refractivity contribution in [2.45, 2.75) is 19.3 Å². The van der Waals surface area contributed by atoms with Crippen LogP contribution >= 0.6 is 0 Å². The van der Waals surface area contributed by atoms with Crippen LogP contribution in [0.2, 0.25) is 0 Å². The summed E-state index contributed by atoms with van der Waals surface area (Å²) in [6, 6.07) is 84.5. The number of hydrogen-bond acceptors (Lipinski definition) is 5. The third kappa shape index (κ3) is 7.30. The van der Waals surface area contributed by atoms with Gasteiger partial charge in [-0.15, -0.1) is 0 Å². The molecule has 0 saturated carbocycles. The van der Waals surface area contributed by atoms with Gasteiger partial charge in [-0.3, -0.25) is 0 Å². The predicted octanol–water partition coefficient (Wildman–Crippen LogP) is 17.5. The molecular weight excluding hydrogens is 925 g/mol. The Bertz CT molecular complexity index is 4110. The first-order valence-electron chi connectivity index (χ1n) is 26.3. The molecule has 2 N–H and O–H groups in total. The Kier molecular flexibility index (Phi) is 10.9. The first kappa shape index (κ1) is 45.1. The lowest BCUT2D eigenvalue weighted by Gasteiger charge is -2.37. The van der Waals surface area contributed by atoms with Gasteiger partial charge in [0.2, 0.25) is 0 Å². The zero-order valence-corrected chi connectivity index (χ0v) is 42.5. The molecular formula is C71H54N4O. The summed E-state index contributed by atoms with van der Waals surface area (Å²) in [6.07, 6.45) is 8.94. The number of allylic oxidation sites excluding steroid dienone is 6. The van der Waals surface area contributed by atoms with Crippen molar-refractivity contribution in [3.05, 3.63) is 300 Å². The average Bonchev–Trinajstić information content (AvgIpc) is 4.16. The van der Waals surface area contributed by atoms with Crippen LogP contribution in [0, 0.1) is 0 Å². The number of dihydropyridines is 2. The molecule has 0 bridgehead atoms. The van der Waals surface area contributed by atoms with E-state index in [1.165, 1.54) is 55.5 Å². The van der Waals surface area contributed by atoms with E-state index in [4.69, 9.17) is 4.42 Å². The summed E-state index contributed by atoms with van der Waals surface area (Å²) in [7, 11) is 0. The zero-order valence-electron chi connectivity index (χ0n) is 42.5.